The van der Waals surface area contributed by atoms with Gasteiger partial charge in [0, 0.05) is 11.3 Å². The molecule has 2 rings (SSSR count). The number of rotatable bonds is 5. The molecular formula is C17H21N. The first-order valence-electron chi connectivity index (χ1n) is 6.69. The van der Waals surface area contributed by atoms with Crippen molar-refractivity contribution in [3.8, 4) is 0 Å². The molecule has 0 aliphatic rings. The van der Waals surface area contributed by atoms with Crippen LogP contribution in [-0.4, -0.2) is 0 Å². The van der Waals surface area contributed by atoms with E-state index in [0.717, 1.165) is 23.2 Å². The quantitative estimate of drug-likeness (QED) is 0.575. The van der Waals surface area contributed by atoms with Gasteiger partial charge in [-0.2, -0.15) is 0 Å². The third-order valence-electron chi connectivity index (χ3n) is 3.40. The van der Waals surface area contributed by atoms with Crippen LogP contribution in [0.3, 0.4) is 0 Å². The zero-order valence-corrected chi connectivity index (χ0v) is 11.1. The molecule has 1 heteroatoms. The number of fused-ring (bicyclic) bond motifs is 1. The van der Waals surface area contributed by atoms with E-state index in [-0.39, 0.29) is 0 Å². The van der Waals surface area contributed by atoms with Crippen molar-refractivity contribution in [2.24, 2.45) is 0 Å². The van der Waals surface area contributed by atoms with Gasteiger partial charge in [-0.1, -0.05) is 56.7 Å². The maximum Gasteiger partial charge on any atom is 0.0396 e. The molecule has 0 saturated carbocycles. The van der Waals surface area contributed by atoms with Crippen LogP contribution < -0.4 is 5.73 Å². The molecule has 0 heterocycles. The molecule has 0 aromatic heterocycles. The predicted octanol–water partition coefficient (Wildman–Crippen LogP) is 5.02. The molecule has 18 heavy (non-hydrogen) atoms. The molecule has 0 fully saturated rings. The molecule has 1 nitrogen and oxygen atoms in total. The highest BCUT2D eigenvalue weighted by atomic mass is 14.6. The highest BCUT2D eigenvalue weighted by molar-refractivity contribution is 5.98. The normalized spacial score (nSPS) is 10.7. The van der Waals surface area contributed by atoms with Gasteiger partial charge in [-0.05, 0) is 35.3 Å². The highest BCUT2D eigenvalue weighted by Gasteiger charge is 2.08. The first-order chi connectivity index (χ1) is 8.74. The molecule has 2 N–H and O–H groups in total. The minimum atomic E-state index is 0.843. The fourth-order valence-electron chi connectivity index (χ4n) is 2.40. The Kier molecular flexibility index (Phi) is 4.03. The van der Waals surface area contributed by atoms with Crippen molar-refractivity contribution in [3.63, 3.8) is 0 Å². The molecule has 0 aliphatic heterocycles. The first-order valence-corrected chi connectivity index (χ1v) is 6.69. The van der Waals surface area contributed by atoms with Crippen molar-refractivity contribution >= 4 is 22.0 Å². The Balaban J connectivity index is 2.36. The molecule has 0 unspecified atom stereocenters. The Hall–Kier alpha value is -1.76. The fourth-order valence-corrected chi connectivity index (χ4v) is 2.40. The predicted molar refractivity (Wildman–Crippen MR) is 81.5 cm³/mol. The average molecular weight is 239 g/mol. The van der Waals surface area contributed by atoms with Gasteiger partial charge in [-0.3, -0.25) is 0 Å². The van der Waals surface area contributed by atoms with E-state index < -0.39 is 0 Å². The van der Waals surface area contributed by atoms with E-state index in [2.05, 4.69) is 43.8 Å². The van der Waals surface area contributed by atoms with Crippen LogP contribution >= 0.6 is 0 Å². The minimum Gasteiger partial charge on any atom is -0.398 e. The van der Waals surface area contributed by atoms with Crippen molar-refractivity contribution < 1.29 is 0 Å². The van der Waals surface area contributed by atoms with E-state index in [9.17, 15) is 0 Å². The topological polar surface area (TPSA) is 26.0 Å². The lowest BCUT2D eigenvalue weighted by atomic mass is 9.94. The molecule has 0 saturated heterocycles. The third kappa shape index (κ3) is 2.56. The van der Waals surface area contributed by atoms with Crippen molar-refractivity contribution in [2.45, 2.75) is 32.6 Å². The number of allylic oxidation sites excluding steroid dienone is 1. The number of anilines is 1. The third-order valence-corrected chi connectivity index (χ3v) is 3.40. The zero-order chi connectivity index (χ0) is 13.0. The highest BCUT2D eigenvalue weighted by Crippen LogP contribution is 2.32. The van der Waals surface area contributed by atoms with Crippen LogP contribution in [0.15, 0.2) is 43.0 Å². The number of hydrogen-bond donors (Lipinski definition) is 1. The van der Waals surface area contributed by atoms with Gasteiger partial charge in [0.05, 0.1) is 0 Å². The molecule has 2 aromatic carbocycles. The molecule has 0 aliphatic carbocycles. The Morgan fingerprint density at radius 1 is 1.11 bits per heavy atom. The van der Waals surface area contributed by atoms with E-state index in [1.54, 1.807) is 0 Å². The van der Waals surface area contributed by atoms with Gasteiger partial charge in [0.15, 0.2) is 0 Å². The van der Waals surface area contributed by atoms with Crippen LogP contribution in [-0.2, 0) is 0 Å². The summed E-state index contributed by atoms with van der Waals surface area (Å²) >= 11 is 0. The molecule has 2 aromatic rings. The first kappa shape index (κ1) is 12.7. The van der Waals surface area contributed by atoms with Gasteiger partial charge in [-0.25, -0.2) is 0 Å². The largest absolute Gasteiger partial charge is 0.398 e. The summed E-state index contributed by atoms with van der Waals surface area (Å²) in [6, 6.07) is 12.4. The van der Waals surface area contributed by atoms with Crippen LogP contribution in [0.4, 0.5) is 5.69 Å². The average Bonchev–Trinajstić information content (AvgIpc) is 2.38. The lowest BCUT2D eigenvalue weighted by Gasteiger charge is -2.12. The Bertz CT molecular complexity index is 555. The second-order valence-corrected chi connectivity index (χ2v) is 4.81. The SMILES string of the molecule is C=C(CCCCC)c1c(N)ccc2ccccc12. The van der Waals surface area contributed by atoms with Crippen LogP contribution in [0.25, 0.3) is 16.3 Å². The van der Waals surface area contributed by atoms with Gasteiger partial charge < -0.3 is 5.73 Å². The van der Waals surface area contributed by atoms with E-state index in [1.165, 1.54) is 30.0 Å². The van der Waals surface area contributed by atoms with Crippen molar-refractivity contribution in [3.05, 3.63) is 48.5 Å². The summed E-state index contributed by atoms with van der Waals surface area (Å²) in [6.07, 6.45) is 4.71. The van der Waals surface area contributed by atoms with Crippen LogP contribution in [0, 0.1) is 0 Å². The van der Waals surface area contributed by atoms with Gasteiger partial charge in [0.25, 0.3) is 0 Å². The van der Waals surface area contributed by atoms with Crippen LogP contribution in [0.1, 0.15) is 38.2 Å². The molecule has 0 bridgehead atoms. The maximum absolute atomic E-state index is 6.13. The lowest BCUT2D eigenvalue weighted by Crippen LogP contribution is -1.95. The Morgan fingerprint density at radius 3 is 2.67 bits per heavy atom. The van der Waals surface area contributed by atoms with Crippen LogP contribution in [0.2, 0.25) is 0 Å². The second-order valence-electron chi connectivity index (χ2n) is 4.81. The summed E-state index contributed by atoms with van der Waals surface area (Å²) in [5.74, 6) is 0. The van der Waals surface area contributed by atoms with Gasteiger partial charge in [-0.15, -0.1) is 0 Å². The van der Waals surface area contributed by atoms with Crippen molar-refractivity contribution in [1.29, 1.82) is 0 Å². The summed E-state index contributed by atoms with van der Waals surface area (Å²) < 4.78 is 0. The molecule has 0 radical (unpaired) electrons. The smallest absolute Gasteiger partial charge is 0.0396 e. The second kappa shape index (κ2) is 5.72. The summed E-state index contributed by atoms with van der Waals surface area (Å²) in [5.41, 5.74) is 9.28. The van der Waals surface area contributed by atoms with Gasteiger partial charge in [0.1, 0.15) is 0 Å². The molecule has 0 amide bonds. The molecule has 0 atom stereocenters. The number of benzene rings is 2. The van der Waals surface area contributed by atoms with Crippen molar-refractivity contribution in [1.82, 2.24) is 0 Å². The monoisotopic (exact) mass is 239 g/mol. The summed E-state index contributed by atoms with van der Waals surface area (Å²) in [4.78, 5) is 0. The van der Waals surface area contributed by atoms with Gasteiger partial charge in [0.2, 0.25) is 0 Å². The number of unbranched alkanes of at least 4 members (excludes halogenated alkanes) is 2. The Labute approximate surface area is 109 Å². The fraction of sp³-hybridized carbons (Fsp3) is 0.294. The molecular weight excluding hydrogens is 218 g/mol. The zero-order valence-electron chi connectivity index (χ0n) is 11.1. The van der Waals surface area contributed by atoms with Gasteiger partial charge >= 0.3 is 0 Å². The molecule has 0 spiro atoms. The number of nitrogen functional groups attached to an aromatic ring is 1. The lowest BCUT2D eigenvalue weighted by molar-refractivity contribution is 0.736. The van der Waals surface area contributed by atoms with E-state index in [1.807, 2.05) is 6.07 Å². The summed E-state index contributed by atoms with van der Waals surface area (Å²) in [5, 5.41) is 2.46. The van der Waals surface area contributed by atoms with E-state index in [4.69, 9.17) is 5.73 Å². The number of hydrogen-bond acceptors (Lipinski definition) is 1. The molecule has 94 valence electrons. The van der Waals surface area contributed by atoms with Crippen molar-refractivity contribution in [2.75, 3.05) is 5.73 Å². The van der Waals surface area contributed by atoms with Crippen LogP contribution in [0.5, 0.6) is 0 Å². The van der Waals surface area contributed by atoms with E-state index in [0.29, 0.717) is 0 Å². The number of nitrogens with two attached hydrogens (primary N) is 1. The standard InChI is InChI=1S/C17H21N/c1-3-4-5-8-13(2)17-15-10-7-6-9-14(15)11-12-16(17)18/h6-7,9-12H,2-5,8,18H2,1H3. The maximum atomic E-state index is 6.13. The minimum absolute atomic E-state index is 0.843. The Morgan fingerprint density at radius 2 is 1.89 bits per heavy atom. The summed E-state index contributed by atoms with van der Waals surface area (Å²) in [6.45, 7) is 6.45. The van der Waals surface area contributed by atoms with E-state index >= 15 is 0 Å². The summed E-state index contributed by atoms with van der Waals surface area (Å²) in [7, 11) is 0.